The van der Waals surface area contributed by atoms with Crippen LogP contribution < -0.4 is 10.6 Å². The van der Waals surface area contributed by atoms with E-state index in [2.05, 4.69) is 58.3 Å². The number of fused-ring (bicyclic) bond motifs is 2. The molecular formula is C29H39Cl2FN2O2Si. The second kappa shape index (κ2) is 9.94. The van der Waals surface area contributed by atoms with Crippen molar-refractivity contribution < 1.29 is 13.6 Å². The summed E-state index contributed by atoms with van der Waals surface area (Å²) >= 11 is 12.5. The summed E-state index contributed by atoms with van der Waals surface area (Å²) in [5.74, 6) is -0.683. The van der Waals surface area contributed by atoms with Crippen LogP contribution in [0, 0.1) is 17.2 Å². The van der Waals surface area contributed by atoms with Crippen molar-refractivity contribution in [1.29, 1.82) is 0 Å². The molecule has 37 heavy (non-hydrogen) atoms. The monoisotopic (exact) mass is 564 g/mol. The van der Waals surface area contributed by atoms with Crippen LogP contribution in [-0.2, 0) is 14.6 Å². The van der Waals surface area contributed by atoms with Crippen molar-refractivity contribution in [3.63, 3.8) is 0 Å². The van der Waals surface area contributed by atoms with Crippen LogP contribution in [0.1, 0.15) is 64.6 Å². The molecule has 0 bridgehead atoms. The molecule has 1 spiro atoms. The van der Waals surface area contributed by atoms with Gasteiger partial charge in [-0.05, 0) is 66.1 Å². The molecule has 0 unspecified atom stereocenters. The normalized spacial score (nSPS) is 24.0. The third-order valence-electron chi connectivity index (χ3n) is 8.86. The van der Waals surface area contributed by atoms with E-state index in [1.807, 2.05) is 6.07 Å². The van der Waals surface area contributed by atoms with Crippen LogP contribution in [0.15, 0.2) is 36.4 Å². The van der Waals surface area contributed by atoms with Gasteiger partial charge in [-0.15, -0.1) is 0 Å². The average Bonchev–Trinajstić information content (AvgIpc) is 3.27. The summed E-state index contributed by atoms with van der Waals surface area (Å²) in [7, 11) is -1.85. The van der Waals surface area contributed by atoms with E-state index < -0.39 is 25.6 Å². The molecule has 2 aliphatic heterocycles. The Labute approximate surface area is 231 Å². The highest BCUT2D eigenvalue weighted by molar-refractivity contribution is 6.74. The lowest BCUT2D eigenvalue weighted by Gasteiger charge is -2.40. The summed E-state index contributed by atoms with van der Waals surface area (Å²) in [4.78, 5) is 13.9. The van der Waals surface area contributed by atoms with Crippen molar-refractivity contribution in [1.82, 2.24) is 5.32 Å². The molecule has 2 aromatic carbocycles. The predicted molar refractivity (Wildman–Crippen MR) is 154 cm³/mol. The number of nitrogens with one attached hydrogen (secondary N) is 2. The van der Waals surface area contributed by atoms with Gasteiger partial charge in [-0.3, -0.25) is 4.79 Å². The maximum Gasteiger partial charge on any atom is 0.237 e. The number of hydrogen-bond acceptors (Lipinski definition) is 3. The van der Waals surface area contributed by atoms with E-state index in [1.165, 1.54) is 6.07 Å². The molecule has 2 heterocycles. The molecule has 4 nitrogen and oxygen atoms in total. The van der Waals surface area contributed by atoms with E-state index in [9.17, 15) is 4.79 Å². The van der Waals surface area contributed by atoms with Crippen LogP contribution >= 0.6 is 23.2 Å². The Morgan fingerprint density at radius 1 is 1.14 bits per heavy atom. The molecular weight excluding hydrogens is 526 g/mol. The number of halogens is 3. The van der Waals surface area contributed by atoms with Crippen LogP contribution in [0.4, 0.5) is 10.1 Å². The number of amides is 1. The molecule has 0 aromatic heterocycles. The summed E-state index contributed by atoms with van der Waals surface area (Å²) < 4.78 is 21.8. The Balaban J connectivity index is 1.68. The Bertz CT molecular complexity index is 1200. The number of rotatable bonds is 7. The molecule has 1 fully saturated rings. The van der Waals surface area contributed by atoms with E-state index in [1.54, 1.807) is 24.3 Å². The van der Waals surface area contributed by atoms with Gasteiger partial charge in [0.2, 0.25) is 5.91 Å². The van der Waals surface area contributed by atoms with Gasteiger partial charge < -0.3 is 15.1 Å². The van der Waals surface area contributed by atoms with E-state index in [4.69, 9.17) is 27.6 Å². The standard InChI is InChI=1S/C29H39Cl2FN2O2Si/c1-27(2,3)37(6,7)36-14-13-28(4,5)16-18-17-33-25(20-9-8-10-22(31)24(20)32)29(18)21-12-11-19(30)15-23(21)34-26(29)35/h8-12,15,18,25,33H,13-14,16-17H2,1-7H3,(H,34,35)/t18-,25-,29+/m1/s1. The van der Waals surface area contributed by atoms with Crippen molar-refractivity contribution in [2.75, 3.05) is 18.5 Å². The lowest BCUT2D eigenvalue weighted by atomic mass is 9.63. The van der Waals surface area contributed by atoms with Gasteiger partial charge in [0, 0.05) is 29.4 Å². The minimum Gasteiger partial charge on any atom is -0.417 e. The SMILES string of the molecule is CC(C)(CCO[Si](C)(C)C(C)(C)C)C[C@@H]1CN[C@H](c2cccc(Cl)c2F)[C@]12C(=O)Nc1cc(Cl)ccc12. The maximum atomic E-state index is 15.4. The Kier molecular flexibility index (Phi) is 7.68. The van der Waals surface area contributed by atoms with Gasteiger partial charge in [0.1, 0.15) is 5.82 Å². The predicted octanol–water partition coefficient (Wildman–Crippen LogP) is 8.11. The van der Waals surface area contributed by atoms with E-state index in [-0.39, 0.29) is 27.3 Å². The molecule has 8 heteroatoms. The third kappa shape index (κ3) is 5.12. The largest absolute Gasteiger partial charge is 0.417 e. The first kappa shape index (κ1) is 28.6. The fourth-order valence-electron chi connectivity index (χ4n) is 5.74. The molecule has 202 valence electrons. The van der Waals surface area contributed by atoms with Crippen molar-refractivity contribution >= 4 is 43.1 Å². The first-order valence-electron chi connectivity index (χ1n) is 13.0. The quantitative estimate of drug-likeness (QED) is 0.334. The average molecular weight is 566 g/mol. The Morgan fingerprint density at radius 2 is 1.84 bits per heavy atom. The molecule has 4 rings (SSSR count). The number of carbonyl (C=O) groups is 1. The topological polar surface area (TPSA) is 50.4 Å². The number of hydrogen-bond donors (Lipinski definition) is 2. The van der Waals surface area contributed by atoms with Crippen LogP contribution in [0.3, 0.4) is 0 Å². The van der Waals surface area contributed by atoms with Gasteiger partial charge in [0.05, 0.1) is 16.5 Å². The van der Waals surface area contributed by atoms with E-state index in [0.717, 1.165) is 18.4 Å². The molecule has 0 aliphatic carbocycles. The molecule has 1 saturated heterocycles. The second-order valence-corrected chi connectivity index (χ2v) is 18.6. The highest BCUT2D eigenvalue weighted by Crippen LogP contribution is 2.57. The Hall–Kier alpha value is -1.44. The van der Waals surface area contributed by atoms with Gasteiger partial charge in [0.15, 0.2) is 8.32 Å². The highest BCUT2D eigenvalue weighted by Gasteiger charge is 2.61. The summed E-state index contributed by atoms with van der Waals surface area (Å²) in [6.45, 7) is 17.0. The van der Waals surface area contributed by atoms with Crippen LogP contribution in [0.25, 0.3) is 0 Å². The van der Waals surface area contributed by atoms with Gasteiger partial charge >= 0.3 is 0 Å². The van der Waals surface area contributed by atoms with Crippen molar-refractivity contribution in [3.8, 4) is 0 Å². The molecule has 0 saturated carbocycles. The zero-order valence-electron chi connectivity index (χ0n) is 22.9. The van der Waals surface area contributed by atoms with Gasteiger partial charge in [-0.25, -0.2) is 4.39 Å². The first-order chi connectivity index (χ1) is 17.1. The van der Waals surface area contributed by atoms with Gasteiger partial charge in [-0.1, -0.05) is 76.0 Å². The van der Waals surface area contributed by atoms with Crippen LogP contribution in [0.5, 0.6) is 0 Å². The highest BCUT2D eigenvalue weighted by atomic mass is 35.5. The summed E-state index contributed by atoms with van der Waals surface area (Å²) in [6.07, 6.45) is 1.65. The van der Waals surface area contributed by atoms with Gasteiger partial charge in [-0.2, -0.15) is 0 Å². The minimum absolute atomic E-state index is 0.0516. The van der Waals surface area contributed by atoms with Crippen molar-refractivity contribution in [2.24, 2.45) is 11.3 Å². The second-order valence-electron chi connectivity index (χ2n) is 12.9. The minimum atomic E-state index is -1.85. The molecule has 0 radical (unpaired) electrons. The molecule has 2 aliphatic rings. The smallest absolute Gasteiger partial charge is 0.237 e. The summed E-state index contributed by atoms with van der Waals surface area (Å²) in [5.41, 5.74) is 0.876. The zero-order valence-corrected chi connectivity index (χ0v) is 25.4. The fourth-order valence-corrected chi connectivity index (χ4v) is 7.14. The summed E-state index contributed by atoms with van der Waals surface area (Å²) in [5, 5.41) is 7.33. The molecule has 2 N–H and O–H groups in total. The lowest BCUT2D eigenvalue weighted by molar-refractivity contribution is -0.123. The molecule has 1 amide bonds. The van der Waals surface area contributed by atoms with Gasteiger partial charge in [0.25, 0.3) is 0 Å². The molecule has 2 aromatic rings. The van der Waals surface area contributed by atoms with Crippen LogP contribution in [-0.4, -0.2) is 27.4 Å². The number of anilines is 1. The third-order valence-corrected chi connectivity index (χ3v) is 13.9. The molecule has 3 atom stereocenters. The van der Waals surface area contributed by atoms with Crippen molar-refractivity contribution in [3.05, 3.63) is 63.4 Å². The van der Waals surface area contributed by atoms with E-state index in [0.29, 0.717) is 29.4 Å². The number of benzene rings is 2. The number of carbonyl (C=O) groups excluding carboxylic acids is 1. The summed E-state index contributed by atoms with van der Waals surface area (Å²) in [6, 6.07) is 9.94. The van der Waals surface area contributed by atoms with Crippen LogP contribution in [0.2, 0.25) is 28.2 Å². The maximum absolute atomic E-state index is 15.4. The zero-order chi connectivity index (χ0) is 27.4. The van der Waals surface area contributed by atoms with Crippen molar-refractivity contribution in [2.45, 2.75) is 77.0 Å². The first-order valence-corrected chi connectivity index (χ1v) is 16.7. The lowest BCUT2D eigenvalue weighted by Crippen LogP contribution is -2.46. The fraction of sp³-hybridized carbons (Fsp3) is 0.552. The Morgan fingerprint density at radius 3 is 2.51 bits per heavy atom. The van der Waals surface area contributed by atoms with E-state index >= 15 is 4.39 Å².